The fourth-order valence-electron chi connectivity index (χ4n) is 3.58. The number of alkyl halides is 3. The lowest BCUT2D eigenvalue weighted by molar-refractivity contribution is -0.385. The topological polar surface area (TPSA) is 106 Å². The minimum Gasteiger partial charge on any atom is -0.490 e. The molecule has 1 aromatic heterocycles. The van der Waals surface area contributed by atoms with Gasteiger partial charge in [-0.05, 0) is 42.5 Å². The Morgan fingerprint density at radius 3 is 2.47 bits per heavy atom. The number of para-hydroxylation sites is 1. The Kier molecular flexibility index (Phi) is 8.00. The first-order valence-electron chi connectivity index (χ1n) is 10.4. The third-order valence-electron chi connectivity index (χ3n) is 5.27. The van der Waals surface area contributed by atoms with Gasteiger partial charge in [-0.25, -0.2) is 4.79 Å². The fraction of sp³-hybridized carbons (Fsp3) is 0.304. The molecule has 0 unspecified atom stereocenters. The van der Waals surface area contributed by atoms with Gasteiger partial charge in [0, 0.05) is 49.0 Å². The number of fused-ring (bicyclic) bond motifs is 1. The number of halogens is 3. The highest BCUT2D eigenvalue weighted by molar-refractivity contribution is 5.82. The van der Waals surface area contributed by atoms with Crippen LogP contribution in [0.1, 0.15) is 18.4 Å². The molecule has 0 aliphatic carbocycles. The lowest BCUT2D eigenvalue weighted by atomic mass is 10.1. The molecule has 0 saturated carbocycles. The molecular weight excluding hydrogens is 455 g/mol. The Morgan fingerprint density at radius 1 is 1.15 bits per heavy atom. The molecule has 8 nitrogen and oxygen atoms in total. The molecule has 0 bridgehead atoms. The maximum Gasteiger partial charge on any atom is 0.490 e. The van der Waals surface area contributed by atoms with E-state index in [2.05, 4.69) is 16.0 Å². The van der Waals surface area contributed by atoms with E-state index in [0.29, 0.717) is 6.54 Å². The molecule has 4 rings (SSSR count). The Balaban J connectivity index is 0.000000406. The van der Waals surface area contributed by atoms with E-state index in [1.54, 1.807) is 18.3 Å². The van der Waals surface area contributed by atoms with E-state index in [-0.39, 0.29) is 16.7 Å². The Labute approximate surface area is 192 Å². The van der Waals surface area contributed by atoms with Crippen molar-refractivity contribution in [3.05, 3.63) is 76.6 Å². The number of likely N-dealkylation sites (tertiary alicyclic amines) is 1. The first kappa shape index (κ1) is 24.9. The zero-order valence-electron chi connectivity index (χ0n) is 17.9. The first-order valence-corrected chi connectivity index (χ1v) is 10.4. The number of aromatic nitrogens is 1. The standard InChI is InChI=1S/C21H21N3O3.C2HF3O2/c25-24(26)21-4-2-1-3-18(21)15-23-11-8-19(9-12-23)27-20-6-5-17-14-22-10-7-16(17)13-20;3-2(4,5)1(6)7/h1-7,10,13-14,19H,8-9,11-12,15H2;(H,6,7). The molecular formula is C23H22F3N3O5. The van der Waals surface area contributed by atoms with Gasteiger partial charge in [0.15, 0.2) is 0 Å². The van der Waals surface area contributed by atoms with Gasteiger partial charge in [0.05, 0.1) is 4.92 Å². The van der Waals surface area contributed by atoms with Crippen molar-refractivity contribution >= 4 is 22.4 Å². The number of ether oxygens (including phenoxy) is 1. The molecule has 0 radical (unpaired) electrons. The summed E-state index contributed by atoms with van der Waals surface area (Å²) in [6.45, 7) is 2.34. The third kappa shape index (κ3) is 6.88. The lowest BCUT2D eigenvalue weighted by Gasteiger charge is -2.32. The zero-order chi connectivity index (χ0) is 24.7. The number of hydrogen-bond donors (Lipinski definition) is 1. The van der Waals surface area contributed by atoms with Gasteiger partial charge < -0.3 is 9.84 Å². The van der Waals surface area contributed by atoms with E-state index >= 15 is 0 Å². The Hall–Kier alpha value is -3.73. The second kappa shape index (κ2) is 10.9. The number of carboxylic acids is 1. The summed E-state index contributed by atoms with van der Waals surface area (Å²) < 4.78 is 37.9. The van der Waals surface area contributed by atoms with E-state index in [1.165, 1.54) is 0 Å². The van der Waals surface area contributed by atoms with Crippen LogP contribution in [-0.4, -0.2) is 51.3 Å². The summed E-state index contributed by atoms with van der Waals surface area (Å²) in [5.41, 5.74) is 0.964. The molecule has 11 heteroatoms. The maximum absolute atomic E-state index is 11.2. The molecule has 2 heterocycles. The number of benzene rings is 2. The minimum atomic E-state index is -5.08. The van der Waals surface area contributed by atoms with Crippen LogP contribution < -0.4 is 4.74 Å². The van der Waals surface area contributed by atoms with Crippen LogP contribution in [0.2, 0.25) is 0 Å². The number of rotatable bonds is 5. The van der Waals surface area contributed by atoms with Crippen molar-refractivity contribution < 1.29 is 32.7 Å². The van der Waals surface area contributed by atoms with E-state index in [0.717, 1.165) is 48.0 Å². The second-order valence-corrected chi connectivity index (χ2v) is 7.67. The summed E-state index contributed by atoms with van der Waals surface area (Å²) >= 11 is 0. The number of hydrogen-bond acceptors (Lipinski definition) is 6. The molecule has 3 aromatic rings. The zero-order valence-corrected chi connectivity index (χ0v) is 17.9. The van der Waals surface area contributed by atoms with Crippen LogP contribution in [0, 0.1) is 10.1 Å². The highest BCUT2D eigenvalue weighted by atomic mass is 19.4. The highest BCUT2D eigenvalue weighted by Gasteiger charge is 2.38. The molecule has 180 valence electrons. The molecule has 0 atom stereocenters. The fourth-order valence-corrected chi connectivity index (χ4v) is 3.58. The number of aliphatic carboxylic acids is 1. The van der Waals surface area contributed by atoms with Crippen molar-refractivity contribution in [3.8, 4) is 5.75 Å². The van der Waals surface area contributed by atoms with Crippen molar-refractivity contribution in [1.82, 2.24) is 9.88 Å². The summed E-state index contributed by atoms with van der Waals surface area (Å²) in [6.07, 6.45) is 0.545. The van der Waals surface area contributed by atoms with Gasteiger partial charge in [-0.15, -0.1) is 0 Å². The second-order valence-electron chi connectivity index (χ2n) is 7.67. The monoisotopic (exact) mass is 477 g/mol. The number of nitrogens with zero attached hydrogens (tertiary/aromatic N) is 3. The van der Waals surface area contributed by atoms with Crippen molar-refractivity contribution in [2.45, 2.75) is 31.7 Å². The van der Waals surface area contributed by atoms with Crippen LogP contribution in [0.3, 0.4) is 0 Å². The molecule has 1 fully saturated rings. The molecule has 1 N–H and O–H groups in total. The summed E-state index contributed by atoms with van der Waals surface area (Å²) in [7, 11) is 0. The number of carboxylic acid groups (broad SMARTS) is 1. The van der Waals surface area contributed by atoms with Gasteiger partial charge >= 0.3 is 12.1 Å². The van der Waals surface area contributed by atoms with Gasteiger partial charge in [-0.3, -0.25) is 20.0 Å². The van der Waals surface area contributed by atoms with Gasteiger partial charge in [-0.1, -0.05) is 18.2 Å². The van der Waals surface area contributed by atoms with Crippen molar-refractivity contribution in [3.63, 3.8) is 0 Å². The predicted octanol–water partition coefficient (Wildman–Crippen LogP) is 4.82. The van der Waals surface area contributed by atoms with Crippen LogP contribution in [0.15, 0.2) is 60.9 Å². The maximum atomic E-state index is 11.2. The summed E-state index contributed by atoms with van der Waals surface area (Å²) in [4.78, 5) is 26.2. The van der Waals surface area contributed by atoms with Crippen LogP contribution in [-0.2, 0) is 11.3 Å². The Bertz CT molecular complexity index is 1150. The van der Waals surface area contributed by atoms with Gasteiger partial charge in [-0.2, -0.15) is 13.2 Å². The number of nitro benzene ring substituents is 1. The normalized spacial score (nSPS) is 14.8. The highest BCUT2D eigenvalue weighted by Crippen LogP contribution is 2.25. The average molecular weight is 477 g/mol. The van der Waals surface area contributed by atoms with Gasteiger partial charge in [0.25, 0.3) is 5.69 Å². The van der Waals surface area contributed by atoms with Crippen molar-refractivity contribution in [2.24, 2.45) is 0 Å². The smallest absolute Gasteiger partial charge is 0.490 e. The van der Waals surface area contributed by atoms with Crippen LogP contribution in [0.4, 0.5) is 18.9 Å². The SMILES string of the molecule is O=C(O)C(F)(F)F.O=[N+]([O-])c1ccccc1CN1CCC(Oc2ccc3cnccc3c2)CC1. The minimum absolute atomic E-state index is 0.172. The Morgan fingerprint density at radius 2 is 1.82 bits per heavy atom. The third-order valence-corrected chi connectivity index (χ3v) is 5.27. The van der Waals surface area contributed by atoms with Gasteiger partial charge in [0.1, 0.15) is 11.9 Å². The van der Waals surface area contributed by atoms with Crippen LogP contribution in [0.25, 0.3) is 10.8 Å². The quantitative estimate of drug-likeness (QED) is 0.415. The first-order chi connectivity index (χ1) is 16.1. The van der Waals surface area contributed by atoms with Crippen LogP contribution >= 0.6 is 0 Å². The summed E-state index contributed by atoms with van der Waals surface area (Å²) in [5.74, 6) is -1.88. The molecule has 34 heavy (non-hydrogen) atoms. The molecule has 1 aliphatic heterocycles. The average Bonchev–Trinajstić information content (AvgIpc) is 2.80. The van der Waals surface area contributed by atoms with Crippen molar-refractivity contribution in [1.29, 1.82) is 0 Å². The van der Waals surface area contributed by atoms with E-state index in [9.17, 15) is 23.3 Å². The van der Waals surface area contributed by atoms with E-state index in [4.69, 9.17) is 14.6 Å². The predicted molar refractivity (Wildman–Crippen MR) is 117 cm³/mol. The van der Waals surface area contributed by atoms with Crippen molar-refractivity contribution in [2.75, 3.05) is 13.1 Å². The molecule has 2 aromatic carbocycles. The number of nitro groups is 1. The van der Waals surface area contributed by atoms with E-state index < -0.39 is 12.1 Å². The molecule has 1 saturated heterocycles. The van der Waals surface area contributed by atoms with E-state index in [1.807, 2.05) is 36.5 Å². The van der Waals surface area contributed by atoms with Crippen LogP contribution in [0.5, 0.6) is 5.75 Å². The van der Waals surface area contributed by atoms with Gasteiger partial charge in [0.2, 0.25) is 0 Å². The summed E-state index contributed by atoms with van der Waals surface area (Å²) in [6, 6.07) is 15.0. The summed E-state index contributed by atoms with van der Waals surface area (Å²) in [5, 5.41) is 20.5. The molecule has 0 spiro atoms. The molecule has 1 aliphatic rings. The number of carbonyl (C=O) groups is 1. The number of piperidine rings is 1. The number of pyridine rings is 1. The molecule has 0 amide bonds. The lowest BCUT2D eigenvalue weighted by Crippen LogP contribution is -2.37. The largest absolute Gasteiger partial charge is 0.490 e.